The van der Waals surface area contributed by atoms with Gasteiger partial charge in [-0.1, -0.05) is 62.7 Å². The highest BCUT2D eigenvalue weighted by molar-refractivity contribution is 6.31. The third-order valence-corrected chi connectivity index (χ3v) is 11.1. The van der Waals surface area contributed by atoms with Crippen molar-refractivity contribution < 1.29 is 19.1 Å². The van der Waals surface area contributed by atoms with Crippen LogP contribution in [0, 0.1) is 23.2 Å². The van der Waals surface area contributed by atoms with Gasteiger partial charge in [-0.2, -0.15) is 0 Å². The van der Waals surface area contributed by atoms with Crippen LogP contribution in [0.5, 0.6) is 0 Å². The number of benzene rings is 3. The number of fused-ring (bicyclic) bond motifs is 1. The first-order valence-corrected chi connectivity index (χ1v) is 17.5. The van der Waals surface area contributed by atoms with Gasteiger partial charge in [-0.15, -0.1) is 0 Å². The van der Waals surface area contributed by atoms with Gasteiger partial charge in [0.25, 0.3) is 5.91 Å². The minimum atomic E-state index is -0.635. The van der Waals surface area contributed by atoms with E-state index in [9.17, 15) is 19.2 Å². The zero-order valence-electron chi connectivity index (χ0n) is 28.3. The van der Waals surface area contributed by atoms with E-state index in [0.29, 0.717) is 50.5 Å². The van der Waals surface area contributed by atoms with Gasteiger partial charge in [-0.25, -0.2) is 4.79 Å². The highest BCUT2D eigenvalue weighted by Crippen LogP contribution is 2.56. The maximum absolute atomic E-state index is 14.0. The van der Waals surface area contributed by atoms with Gasteiger partial charge in [0.15, 0.2) is 5.43 Å². The van der Waals surface area contributed by atoms with Gasteiger partial charge in [0.1, 0.15) is 5.69 Å². The van der Waals surface area contributed by atoms with Crippen LogP contribution in [-0.4, -0.2) is 41.0 Å². The summed E-state index contributed by atoms with van der Waals surface area (Å²) in [5.41, 5.74) is 2.06. The van der Waals surface area contributed by atoms with Crippen LogP contribution in [0.4, 0.5) is 0 Å². The molecule has 1 heterocycles. The van der Waals surface area contributed by atoms with E-state index in [1.54, 1.807) is 34.9 Å². The summed E-state index contributed by atoms with van der Waals surface area (Å²) in [6.45, 7) is 5.86. The molecule has 4 fully saturated rings. The smallest absolute Gasteiger partial charge is 0.355 e. The number of halogens is 1. The van der Waals surface area contributed by atoms with Gasteiger partial charge in [0.2, 0.25) is 5.91 Å². The van der Waals surface area contributed by atoms with Crippen molar-refractivity contribution in [3.63, 3.8) is 0 Å². The Labute approximate surface area is 291 Å². The van der Waals surface area contributed by atoms with Crippen molar-refractivity contribution in [3.05, 3.63) is 110 Å². The zero-order chi connectivity index (χ0) is 34.7. The van der Waals surface area contributed by atoms with Crippen LogP contribution in [0.3, 0.4) is 0 Å². The molecule has 4 aliphatic carbocycles. The lowest BCUT2D eigenvalue weighted by Gasteiger charge is -2.60. The van der Waals surface area contributed by atoms with Crippen LogP contribution in [0.15, 0.2) is 77.6 Å². The Kier molecular flexibility index (Phi) is 8.42. The van der Waals surface area contributed by atoms with Crippen molar-refractivity contribution in [2.45, 2.75) is 70.9 Å². The lowest BCUT2D eigenvalue weighted by Crippen LogP contribution is -2.67. The molecule has 0 radical (unpaired) electrons. The molecular weight excluding hydrogens is 638 g/mol. The highest BCUT2D eigenvalue weighted by atomic mass is 35.5. The van der Waals surface area contributed by atoms with E-state index < -0.39 is 11.4 Å². The Bertz CT molecular complexity index is 2000. The molecule has 0 saturated heterocycles. The number of hydrogen-bond donors (Lipinski definition) is 2. The average Bonchev–Trinajstić information content (AvgIpc) is 3.06. The monoisotopic (exact) mass is 679 g/mol. The Morgan fingerprint density at radius 2 is 1.61 bits per heavy atom. The number of pyridine rings is 1. The first-order valence-electron chi connectivity index (χ1n) is 17.1. The quantitative estimate of drug-likeness (QED) is 0.208. The fourth-order valence-corrected chi connectivity index (χ4v) is 8.95. The Morgan fingerprint density at radius 3 is 2.24 bits per heavy atom. The first kappa shape index (κ1) is 33.1. The number of aromatic nitrogens is 1. The number of ether oxygens (including phenoxy) is 1. The minimum absolute atomic E-state index is 0.0774. The average molecular weight is 680 g/mol. The molecule has 9 heteroatoms. The van der Waals surface area contributed by atoms with E-state index >= 15 is 0 Å². The van der Waals surface area contributed by atoms with Gasteiger partial charge in [-0.3, -0.25) is 14.4 Å². The summed E-state index contributed by atoms with van der Waals surface area (Å²) in [5.74, 6) is 0.590. The maximum Gasteiger partial charge on any atom is 0.355 e. The number of amides is 2. The summed E-state index contributed by atoms with van der Waals surface area (Å²) in [6.07, 6.45) is 5.14. The standard InChI is InChI=1S/C40H42ClN3O5/c1-39(2,3)38(48)43-40-20-24-16-26(21-40)33(27(17-24)22-40)42-36(46)25-12-10-23(11-13-25)18-31-34(37(47)49-4)44(29-8-6-5-7-9-29)32-19-28(41)14-15-30(32)35(31)45/h5-15,19,24,26-27,33H,16-18,20-22H2,1-4H3,(H,42,46)(H,43,48)/t24?,26-,27?,33?,40?/m1/s1. The third-order valence-electron chi connectivity index (χ3n) is 10.8. The molecule has 2 N–H and O–H groups in total. The second-order valence-electron chi connectivity index (χ2n) is 15.3. The Morgan fingerprint density at radius 1 is 0.939 bits per heavy atom. The molecule has 1 aromatic heterocycles. The number of carbonyl (C=O) groups excluding carboxylic acids is 3. The molecular formula is C40H42ClN3O5. The van der Waals surface area contributed by atoms with E-state index in [0.717, 1.165) is 37.7 Å². The lowest BCUT2D eigenvalue weighted by molar-refractivity contribution is -0.135. The van der Waals surface area contributed by atoms with Crippen molar-refractivity contribution >= 4 is 40.3 Å². The van der Waals surface area contributed by atoms with Crippen LogP contribution in [0.1, 0.15) is 84.8 Å². The van der Waals surface area contributed by atoms with Crippen molar-refractivity contribution in [3.8, 4) is 5.69 Å². The second-order valence-corrected chi connectivity index (χ2v) is 15.7. The number of hydrogen-bond acceptors (Lipinski definition) is 5. The number of para-hydroxylation sites is 1. The molecule has 4 aliphatic rings. The van der Waals surface area contributed by atoms with Crippen molar-refractivity contribution in [1.29, 1.82) is 0 Å². The molecule has 8 nitrogen and oxygen atoms in total. The van der Waals surface area contributed by atoms with Crippen LogP contribution < -0.4 is 16.1 Å². The van der Waals surface area contributed by atoms with Gasteiger partial charge in [0.05, 0.1) is 12.6 Å². The van der Waals surface area contributed by atoms with Crippen molar-refractivity contribution in [1.82, 2.24) is 15.2 Å². The predicted octanol–water partition coefficient (Wildman–Crippen LogP) is 6.86. The molecule has 2 amide bonds. The minimum Gasteiger partial charge on any atom is -0.464 e. The summed E-state index contributed by atoms with van der Waals surface area (Å²) in [5, 5.41) is 7.66. The summed E-state index contributed by atoms with van der Waals surface area (Å²) < 4.78 is 6.94. The molecule has 3 aromatic carbocycles. The van der Waals surface area contributed by atoms with Crippen molar-refractivity contribution in [2.24, 2.45) is 23.2 Å². The molecule has 49 heavy (non-hydrogen) atoms. The summed E-state index contributed by atoms with van der Waals surface area (Å²) in [6, 6.07) is 21.7. The van der Waals surface area contributed by atoms with E-state index in [-0.39, 0.29) is 40.9 Å². The fraction of sp³-hybridized carbons (Fsp3) is 0.400. The molecule has 0 spiro atoms. The van der Waals surface area contributed by atoms with Gasteiger partial charge in [-0.05, 0) is 97.9 Å². The number of rotatable bonds is 7. The van der Waals surface area contributed by atoms with Crippen LogP contribution in [-0.2, 0) is 16.0 Å². The number of methoxy groups -OCH3 is 1. The number of nitrogens with zero attached hydrogens (tertiary/aromatic N) is 1. The van der Waals surface area contributed by atoms with Gasteiger partial charge in [0, 0.05) is 50.6 Å². The molecule has 8 rings (SSSR count). The molecule has 4 unspecified atom stereocenters. The topological polar surface area (TPSA) is 106 Å². The third kappa shape index (κ3) is 6.16. The van der Waals surface area contributed by atoms with Gasteiger partial charge < -0.3 is 19.9 Å². The molecule has 4 saturated carbocycles. The van der Waals surface area contributed by atoms with E-state index in [2.05, 4.69) is 10.6 Å². The van der Waals surface area contributed by atoms with E-state index in [1.165, 1.54) is 7.11 Å². The maximum atomic E-state index is 14.0. The normalized spacial score (nSPS) is 24.1. The van der Waals surface area contributed by atoms with E-state index in [1.807, 2.05) is 63.2 Å². The highest BCUT2D eigenvalue weighted by Gasteiger charge is 2.56. The molecule has 5 atom stereocenters. The second kappa shape index (κ2) is 12.5. The molecule has 4 bridgehead atoms. The number of nitrogens with one attached hydrogen (secondary N) is 2. The Balaban J connectivity index is 1.14. The van der Waals surface area contributed by atoms with Crippen LogP contribution in [0.25, 0.3) is 16.6 Å². The first-order chi connectivity index (χ1) is 23.4. The lowest BCUT2D eigenvalue weighted by atomic mass is 9.51. The summed E-state index contributed by atoms with van der Waals surface area (Å²) in [4.78, 5) is 53.9. The summed E-state index contributed by atoms with van der Waals surface area (Å²) >= 11 is 6.36. The number of carbonyl (C=O) groups is 3. The van der Waals surface area contributed by atoms with Crippen molar-refractivity contribution in [2.75, 3.05) is 7.11 Å². The molecule has 4 aromatic rings. The van der Waals surface area contributed by atoms with Gasteiger partial charge >= 0.3 is 5.97 Å². The Hall–Kier alpha value is -4.43. The number of esters is 1. The van der Waals surface area contributed by atoms with Crippen LogP contribution in [0.2, 0.25) is 5.02 Å². The zero-order valence-corrected chi connectivity index (χ0v) is 29.1. The summed E-state index contributed by atoms with van der Waals surface area (Å²) in [7, 11) is 1.30. The van der Waals surface area contributed by atoms with E-state index in [4.69, 9.17) is 16.3 Å². The SMILES string of the molecule is COC(=O)c1c(Cc2ccc(C(=O)NC3C4CC5C[C@@H]3CC(NC(=O)C(C)(C)C)(C5)C4)cc2)c(=O)c2ccc(Cl)cc2n1-c1ccccc1. The fourth-order valence-electron chi connectivity index (χ4n) is 8.78. The predicted molar refractivity (Wildman–Crippen MR) is 190 cm³/mol. The largest absolute Gasteiger partial charge is 0.464 e. The molecule has 254 valence electrons. The molecule has 0 aliphatic heterocycles. The van der Waals surface area contributed by atoms with Crippen LogP contribution >= 0.6 is 11.6 Å².